The molecule has 3 atom stereocenters. The lowest BCUT2D eigenvalue weighted by Gasteiger charge is -2.34. The number of anilines is 1. The number of carbonyl (C=O) groups is 1. The second kappa shape index (κ2) is 9.94. The lowest BCUT2D eigenvalue weighted by atomic mass is 9.78. The van der Waals surface area contributed by atoms with Gasteiger partial charge in [0.25, 0.3) is 0 Å². The fraction of sp³-hybridized carbons (Fsp3) is 0.435. The molecule has 1 saturated carbocycles. The maximum absolute atomic E-state index is 13.2. The Hall–Kier alpha value is -2.22. The van der Waals surface area contributed by atoms with Crippen molar-refractivity contribution in [1.29, 1.82) is 0 Å². The first kappa shape index (κ1) is 23.4. The summed E-state index contributed by atoms with van der Waals surface area (Å²) in [6, 6.07) is 10.2. The third-order valence-electron chi connectivity index (χ3n) is 5.84. The first-order valence-electron chi connectivity index (χ1n) is 10.3. The molecular formula is C23H26BrF3N2O2. The number of halogens is 4. The monoisotopic (exact) mass is 498 g/mol. The third kappa shape index (κ3) is 6.38. The van der Waals surface area contributed by atoms with Gasteiger partial charge in [-0.1, -0.05) is 42.6 Å². The van der Waals surface area contributed by atoms with Crippen molar-refractivity contribution in [1.82, 2.24) is 5.32 Å². The van der Waals surface area contributed by atoms with Gasteiger partial charge < -0.3 is 15.4 Å². The van der Waals surface area contributed by atoms with Gasteiger partial charge in [-0.05, 0) is 60.7 Å². The van der Waals surface area contributed by atoms with E-state index in [1.165, 1.54) is 6.07 Å². The summed E-state index contributed by atoms with van der Waals surface area (Å²) in [7, 11) is 0. The molecule has 0 aromatic heterocycles. The number of ether oxygens (including phenoxy) is 1. The van der Waals surface area contributed by atoms with Crippen LogP contribution < -0.4 is 15.4 Å². The molecule has 1 fully saturated rings. The van der Waals surface area contributed by atoms with Gasteiger partial charge in [0, 0.05) is 10.5 Å². The molecule has 0 spiro atoms. The summed E-state index contributed by atoms with van der Waals surface area (Å²) >= 11 is 3.33. The average Bonchev–Trinajstić information content (AvgIpc) is 2.71. The molecule has 1 amide bonds. The zero-order valence-electron chi connectivity index (χ0n) is 17.4. The molecule has 0 heterocycles. The molecule has 0 aliphatic heterocycles. The first-order valence-corrected chi connectivity index (χ1v) is 11.1. The predicted octanol–water partition coefficient (Wildman–Crippen LogP) is 6.61. The zero-order valence-corrected chi connectivity index (χ0v) is 19.0. The predicted molar refractivity (Wildman–Crippen MR) is 118 cm³/mol. The van der Waals surface area contributed by atoms with Crippen LogP contribution in [0.2, 0.25) is 0 Å². The van der Waals surface area contributed by atoms with Crippen LogP contribution in [0.4, 0.5) is 18.9 Å². The quantitative estimate of drug-likeness (QED) is 0.470. The zero-order chi connectivity index (χ0) is 22.6. The molecule has 168 valence electrons. The molecule has 2 aromatic rings. The van der Waals surface area contributed by atoms with Gasteiger partial charge in [-0.3, -0.25) is 4.79 Å². The summed E-state index contributed by atoms with van der Waals surface area (Å²) in [6.07, 6.45) is -1.38. The van der Waals surface area contributed by atoms with Crippen LogP contribution in [0.5, 0.6) is 11.5 Å². The molecule has 0 saturated heterocycles. The highest BCUT2D eigenvalue weighted by Crippen LogP contribution is 2.37. The Balaban J connectivity index is 1.72. The van der Waals surface area contributed by atoms with E-state index in [9.17, 15) is 18.0 Å². The van der Waals surface area contributed by atoms with Crippen LogP contribution >= 0.6 is 15.9 Å². The van der Waals surface area contributed by atoms with Crippen LogP contribution in [-0.4, -0.2) is 18.5 Å². The van der Waals surface area contributed by atoms with Crippen molar-refractivity contribution in [3.05, 3.63) is 52.5 Å². The van der Waals surface area contributed by atoms with Crippen molar-refractivity contribution in [3.8, 4) is 11.5 Å². The molecule has 2 aromatic carbocycles. The number of carbonyl (C=O) groups excluding carboxylic acids is 1. The molecule has 1 aliphatic carbocycles. The molecule has 2 N–H and O–H groups in total. The molecule has 0 unspecified atom stereocenters. The van der Waals surface area contributed by atoms with Gasteiger partial charge in [0.05, 0.1) is 17.8 Å². The van der Waals surface area contributed by atoms with Crippen molar-refractivity contribution in [2.75, 3.05) is 11.9 Å². The molecule has 0 radical (unpaired) electrons. The minimum atomic E-state index is -4.50. The minimum Gasteiger partial charge on any atom is -0.455 e. The summed E-state index contributed by atoms with van der Waals surface area (Å²) in [5, 5.41) is 5.85. The van der Waals surface area contributed by atoms with E-state index < -0.39 is 11.7 Å². The number of alkyl halides is 3. The van der Waals surface area contributed by atoms with E-state index in [2.05, 4.69) is 40.4 Å². The highest BCUT2D eigenvalue weighted by atomic mass is 79.9. The van der Waals surface area contributed by atoms with Crippen LogP contribution in [0.1, 0.15) is 38.7 Å². The van der Waals surface area contributed by atoms with Gasteiger partial charge in [0.1, 0.15) is 5.75 Å². The number of nitrogens with one attached hydrogen (secondary N) is 2. The summed E-state index contributed by atoms with van der Waals surface area (Å²) in [5.74, 6) is 1.32. The van der Waals surface area contributed by atoms with Crippen molar-refractivity contribution in [3.63, 3.8) is 0 Å². The maximum Gasteiger partial charge on any atom is 0.416 e. The normalized spacial score (nSPS) is 21.4. The topological polar surface area (TPSA) is 50.4 Å². The fourth-order valence-corrected chi connectivity index (χ4v) is 4.05. The van der Waals surface area contributed by atoms with Gasteiger partial charge in [-0.25, -0.2) is 0 Å². The Bertz CT molecular complexity index is 903. The Morgan fingerprint density at radius 1 is 1.13 bits per heavy atom. The fourth-order valence-electron chi connectivity index (χ4n) is 3.78. The smallest absolute Gasteiger partial charge is 0.416 e. The van der Waals surface area contributed by atoms with Crippen LogP contribution in [0.3, 0.4) is 0 Å². The molecule has 1 aliphatic rings. The summed E-state index contributed by atoms with van der Waals surface area (Å²) < 4.78 is 46.2. The van der Waals surface area contributed by atoms with Crippen LogP contribution in [0.25, 0.3) is 0 Å². The lowest BCUT2D eigenvalue weighted by molar-refractivity contribution is -0.137. The summed E-state index contributed by atoms with van der Waals surface area (Å²) in [5.41, 5.74) is -0.703. The Morgan fingerprint density at radius 3 is 2.52 bits per heavy atom. The summed E-state index contributed by atoms with van der Waals surface area (Å²) in [4.78, 5) is 12.5. The van der Waals surface area contributed by atoms with E-state index in [4.69, 9.17) is 4.74 Å². The van der Waals surface area contributed by atoms with Crippen molar-refractivity contribution >= 4 is 27.5 Å². The molecule has 8 heteroatoms. The largest absolute Gasteiger partial charge is 0.455 e. The summed E-state index contributed by atoms with van der Waals surface area (Å²) in [6.45, 7) is 4.16. The number of hydrogen-bond acceptors (Lipinski definition) is 3. The Kier molecular flexibility index (Phi) is 7.51. The molecule has 0 bridgehead atoms. The minimum absolute atomic E-state index is 0.0815. The van der Waals surface area contributed by atoms with Gasteiger partial charge in [0.15, 0.2) is 5.75 Å². The first-order chi connectivity index (χ1) is 14.6. The van der Waals surface area contributed by atoms with E-state index in [-0.39, 0.29) is 29.9 Å². The lowest BCUT2D eigenvalue weighted by Crippen LogP contribution is -2.45. The van der Waals surface area contributed by atoms with Crippen molar-refractivity contribution < 1.29 is 22.7 Å². The highest BCUT2D eigenvalue weighted by molar-refractivity contribution is 9.10. The van der Waals surface area contributed by atoms with Gasteiger partial charge in [-0.15, -0.1) is 0 Å². The number of benzene rings is 2. The van der Waals surface area contributed by atoms with Crippen LogP contribution in [0.15, 0.2) is 46.9 Å². The highest BCUT2D eigenvalue weighted by Gasteiger charge is 2.32. The second-order valence-electron chi connectivity index (χ2n) is 8.06. The number of amides is 1. The van der Waals surface area contributed by atoms with Crippen molar-refractivity contribution in [2.45, 2.75) is 45.3 Å². The Morgan fingerprint density at radius 2 is 1.84 bits per heavy atom. The van der Waals surface area contributed by atoms with Gasteiger partial charge in [-0.2, -0.15) is 13.2 Å². The third-order valence-corrected chi connectivity index (χ3v) is 6.37. The number of rotatable bonds is 6. The van der Waals surface area contributed by atoms with E-state index in [1.54, 1.807) is 24.3 Å². The molecule has 4 nitrogen and oxygen atoms in total. The maximum atomic E-state index is 13.2. The Labute approximate surface area is 188 Å². The number of hydrogen-bond donors (Lipinski definition) is 2. The van der Waals surface area contributed by atoms with Crippen molar-refractivity contribution in [2.24, 2.45) is 11.8 Å². The SMILES string of the molecule is C[C@@H]1[C@@H](C)CCC[C@H]1NC(=O)CNc1cc(C(F)(F)F)ccc1Oc1ccc(Br)cc1. The standard InChI is InChI=1S/C23H26BrF3N2O2/c1-14-4-3-5-19(15(14)2)29-22(30)13-28-20-12-16(23(25,26)27)6-11-21(20)31-18-9-7-17(24)8-10-18/h6-12,14-15,19,28H,3-5,13H2,1-2H3,(H,29,30)/t14-,15+,19+/m0/s1. The average molecular weight is 499 g/mol. The van der Waals surface area contributed by atoms with E-state index in [0.717, 1.165) is 35.9 Å². The van der Waals surface area contributed by atoms with E-state index in [1.807, 2.05) is 0 Å². The molecule has 31 heavy (non-hydrogen) atoms. The van der Waals surface area contributed by atoms with E-state index in [0.29, 0.717) is 17.6 Å². The van der Waals surface area contributed by atoms with Gasteiger partial charge >= 0.3 is 6.18 Å². The molecule has 3 rings (SSSR count). The van der Waals surface area contributed by atoms with Gasteiger partial charge in [0.2, 0.25) is 5.91 Å². The van der Waals surface area contributed by atoms with Crippen LogP contribution in [-0.2, 0) is 11.0 Å². The van der Waals surface area contributed by atoms with E-state index >= 15 is 0 Å². The van der Waals surface area contributed by atoms with Crippen LogP contribution in [0, 0.1) is 11.8 Å². The molecular weight excluding hydrogens is 473 g/mol. The second-order valence-corrected chi connectivity index (χ2v) is 8.98.